The fourth-order valence-electron chi connectivity index (χ4n) is 3.07. The number of benzene rings is 2. The van der Waals surface area contributed by atoms with Gasteiger partial charge in [0, 0.05) is 24.1 Å². The largest absolute Gasteiger partial charge is 0.315 e. The molecule has 0 aromatic heterocycles. The highest BCUT2D eigenvalue weighted by Gasteiger charge is 2.23. The molecule has 2 aromatic rings. The van der Waals surface area contributed by atoms with E-state index in [1.165, 1.54) is 11.1 Å². The van der Waals surface area contributed by atoms with Crippen LogP contribution in [0, 0.1) is 0 Å². The first-order valence-corrected chi connectivity index (χ1v) is 9.35. The molecule has 1 atom stereocenters. The zero-order valence-electron chi connectivity index (χ0n) is 12.7. The maximum absolute atomic E-state index is 6.27. The third-order valence-corrected chi connectivity index (χ3v) is 5.45. The Morgan fingerprint density at radius 2 is 1.65 bits per heavy atom. The van der Waals surface area contributed by atoms with E-state index in [-0.39, 0.29) is 6.04 Å². The lowest BCUT2D eigenvalue weighted by Gasteiger charge is -2.31. The van der Waals surface area contributed by atoms with Crippen LogP contribution in [0.4, 0.5) is 0 Å². The second-order valence-electron chi connectivity index (χ2n) is 5.77. The number of nitrogens with one attached hydrogen (secondary N) is 1. The van der Waals surface area contributed by atoms with Crippen LogP contribution in [0.5, 0.6) is 0 Å². The van der Waals surface area contributed by atoms with E-state index < -0.39 is 0 Å². The summed E-state index contributed by atoms with van der Waals surface area (Å²) in [4.78, 5) is 2.52. The molecule has 1 aliphatic rings. The van der Waals surface area contributed by atoms with Gasteiger partial charge >= 0.3 is 0 Å². The highest BCUT2D eigenvalue weighted by molar-refractivity contribution is 9.10. The van der Waals surface area contributed by atoms with Gasteiger partial charge in [0.2, 0.25) is 0 Å². The molecule has 1 heterocycles. The Morgan fingerprint density at radius 3 is 2.39 bits per heavy atom. The predicted octanol–water partition coefficient (Wildman–Crippen LogP) is 5.14. The molecular formula is C18H19BrCl2N2. The molecule has 0 bridgehead atoms. The molecule has 0 radical (unpaired) electrons. The molecule has 1 saturated heterocycles. The number of rotatable bonds is 3. The molecule has 1 N–H and O–H groups in total. The number of halogens is 3. The van der Waals surface area contributed by atoms with Gasteiger partial charge in [-0.1, -0.05) is 57.3 Å². The summed E-state index contributed by atoms with van der Waals surface area (Å²) in [6.07, 6.45) is 1.15. The summed E-state index contributed by atoms with van der Waals surface area (Å²) in [5.74, 6) is 0. The first kappa shape index (κ1) is 17.2. The van der Waals surface area contributed by atoms with Crippen LogP contribution in [-0.4, -0.2) is 31.1 Å². The number of hydrogen-bond acceptors (Lipinski definition) is 2. The van der Waals surface area contributed by atoms with Gasteiger partial charge in [0.25, 0.3) is 0 Å². The van der Waals surface area contributed by atoms with Crippen LogP contribution in [-0.2, 0) is 0 Å². The van der Waals surface area contributed by atoms with E-state index in [0.29, 0.717) is 10.0 Å². The van der Waals surface area contributed by atoms with E-state index in [9.17, 15) is 0 Å². The van der Waals surface area contributed by atoms with E-state index in [4.69, 9.17) is 23.2 Å². The van der Waals surface area contributed by atoms with Crippen LogP contribution in [0.15, 0.2) is 46.9 Å². The Kier molecular flexibility index (Phi) is 6.00. The minimum absolute atomic E-state index is 0.192. The zero-order valence-corrected chi connectivity index (χ0v) is 15.8. The molecule has 0 saturated carbocycles. The fraction of sp³-hybridized carbons (Fsp3) is 0.333. The average Bonchev–Trinajstić information content (AvgIpc) is 2.82. The SMILES string of the molecule is Clc1ccc(C(c2ccc(Br)cc2)N2CCCNCC2)cc1Cl. The van der Waals surface area contributed by atoms with Crippen molar-refractivity contribution in [2.24, 2.45) is 0 Å². The van der Waals surface area contributed by atoms with E-state index in [1.807, 2.05) is 12.1 Å². The van der Waals surface area contributed by atoms with Crippen molar-refractivity contribution in [1.82, 2.24) is 10.2 Å². The van der Waals surface area contributed by atoms with E-state index >= 15 is 0 Å². The maximum Gasteiger partial charge on any atom is 0.0602 e. The van der Waals surface area contributed by atoms with Crippen LogP contribution < -0.4 is 5.32 Å². The van der Waals surface area contributed by atoms with Crippen molar-refractivity contribution in [2.75, 3.05) is 26.2 Å². The highest BCUT2D eigenvalue weighted by atomic mass is 79.9. The monoisotopic (exact) mass is 412 g/mol. The quantitative estimate of drug-likeness (QED) is 0.749. The van der Waals surface area contributed by atoms with Gasteiger partial charge in [0.05, 0.1) is 16.1 Å². The molecule has 122 valence electrons. The van der Waals surface area contributed by atoms with Crippen LogP contribution in [0.25, 0.3) is 0 Å². The van der Waals surface area contributed by atoms with Gasteiger partial charge in [-0.05, 0) is 48.4 Å². The second-order valence-corrected chi connectivity index (χ2v) is 7.50. The van der Waals surface area contributed by atoms with Crippen molar-refractivity contribution in [3.8, 4) is 0 Å². The van der Waals surface area contributed by atoms with Gasteiger partial charge in [-0.2, -0.15) is 0 Å². The van der Waals surface area contributed by atoms with Gasteiger partial charge < -0.3 is 5.32 Å². The van der Waals surface area contributed by atoms with Crippen molar-refractivity contribution in [3.63, 3.8) is 0 Å². The van der Waals surface area contributed by atoms with Gasteiger partial charge in [-0.3, -0.25) is 4.90 Å². The number of nitrogens with zero attached hydrogens (tertiary/aromatic N) is 1. The molecule has 0 aliphatic carbocycles. The molecule has 1 unspecified atom stereocenters. The third-order valence-electron chi connectivity index (χ3n) is 4.18. The smallest absolute Gasteiger partial charge is 0.0602 e. The van der Waals surface area contributed by atoms with E-state index in [1.54, 1.807) is 0 Å². The highest BCUT2D eigenvalue weighted by Crippen LogP contribution is 2.33. The number of hydrogen-bond donors (Lipinski definition) is 1. The van der Waals surface area contributed by atoms with Gasteiger partial charge in [0.15, 0.2) is 0 Å². The Balaban J connectivity index is 2.00. The molecule has 0 spiro atoms. The summed E-state index contributed by atoms with van der Waals surface area (Å²) >= 11 is 15.9. The summed E-state index contributed by atoms with van der Waals surface area (Å²) < 4.78 is 1.09. The van der Waals surface area contributed by atoms with Gasteiger partial charge in [-0.15, -0.1) is 0 Å². The zero-order chi connectivity index (χ0) is 16.2. The van der Waals surface area contributed by atoms with E-state index in [0.717, 1.165) is 37.1 Å². The Morgan fingerprint density at radius 1 is 0.913 bits per heavy atom. The van der Waals surface area contributed by atoms with Crippen molar-refractivity contribution in [2.45, 2.75) is 12.5 Å². The normalized spacial score (nSPS) is 17.7. The first-order chi connectivity index (χ1) is 11.1. The van der Waals surface area contributed by atoms with Crippen LogP contribution >= 0.6 is 39.1 Å². The van der Waals surface area contributed by atoms with Crippen LogP contribution in [0.2, 0.25) is 10.0 Å². The minimum Gasteiger partial charge on any atom is -0.315 e. The Labute approximate surface area is 155 Å². The minimum atomic E-state index is 0.192. The average molecular weight is 414 g/mol. The lowest BCUT2D eigenvalue weighted by molar-refractivity contribution is 0.241. The fourth-order valence-corrected chi connectivity index (χ4v) is 3.64. The third kappa shape index (κ3) is 4.28. The lowest BCUT2D eigenvalue weighted by atomic mass is 9.97. The maximum atomic E-state index is 6.27. The molecule has 2 nitrogen and oxygen atoms in total. The van der Waals surface area contributed by atoms with Crippen molar-refractivity contribution < 1.29 is 0 Å². The second kappa shape index (κ2) is 8.00. The summed E-state index contributed by atoms with van der Waals surface area (Å²) in [5.41, 5.74) is 2.46. The summed E-state index contributed by atoms with van der Waals surface area (Å²) in [7, 11) is 0. The molecular weight excluding hydrogens is 395 g/mol. The van der Waals surface area contributed by atoms with Gasteiger partial charge in [-0.25, -0.2) is 0 Å². The molecule has 1 aliphatic heterocycles. The lowest BCUT2D eigenvalue weighted by Crippen LogP contribution is -2.33. The van der Waals surface area contributed by atoms with Crippen LogP contribution in [0.3, 0.4) is 0 Å². The van der Waals surface area contributed by atoms with Crippen molar-refractivity contribution in [1.29, 1.82) is 0 Å². The molecule has 23 heavy (non-hydrogen) atoms. The molecule has 1 fully saturated rings. The Bertz CT molecular complexity index is 653. The van der Waals surface area contributed by atoms with E-state index in [2.05, 4.69) is 56.5 Å². The molecule has 0 amide bonds. The standard InChI is InChI=1S/C18H19BrCl2N2/c19-15-5-2-13(3-6-15)18(23-10-1-8-22-9-11-23)14-4-7-16(20)17(21)12-14/h2-7,12,18,22H,1,8-11H2. The topological polar surface area (TPSA) is 15.3 Å². The van der Waals surface area contributed by atoms with Crippen LogP contribution in [0.1, 0.15) is 23.6 Å². The van der Waals surface area contributed by atoms with Crippen molar-refractivity contribution in [3.05, 3.63) is 68.1 Å². The first-order valence-electron chi connectivity index (χ1n) is 7.80. The van der Waals surface area contributed by atoms with Crippen molar-refractivity contribution >= 4 is 39.1 Å². The molecule has 2 aromatic carbocycles. The predicted molar refractivity (Wildman–Crippen MR) is 102 cm³/mol. The summed E-state index contributed by atoms with van der Waals surface area (Å²) in [5, 5.41) is 4.68. The molecule has 3 rings (SSSR count). The summed E-state index contributed by atoms with van der Waals surface area (Å²) in [6.45, 7) is 4.16. The van der Waals surface area contributed by atoms with Gasteiger partial charge in [0.1, 0.15) is 0 Å². The summed E-state index contributed by atoms with van der Waals surface area (Å²) in [6, 6.07) is 14.7. The Hall–Kier alpha value is -0.580. The molecule has 5 heteroatoms.